The lowest BCUT2D eigenvalue weighted by atomic mass is 10.1. The van der Waals surface area contributed by atoms with Crippen molar-refractivity contribution in [2.75, 3.05) is 17.4 Å². The van der Waals surface area contributed by atoms with Crippen molar-refractivity contribution in [3.05, 3.63) is 93.0 Å². The molecule has 0 heterocycles. The minimum atomic E-state index is -4.14. The molecule has 3 rings (SSSR count). The van der Waals surface area contributed by atoms with Gasteiger partial charge in [-0.25, -0.2) is 8.42 Å². The number of halogens is 2. The number of aryl methyl sites for hydroxylation is 2. The molecule has 3 aromatic rings. The lowest BCUT2D eigenvalue weighted by Crippen LogP contribution is -2.51. The van der Waals surface area contributed by atoms with Crippen molar-refractivity contribution in [3.63, 3.8) is 0 Å². The van der Waals surface area contributed by atoms with Crippen LogP contribution in [0.1, 0.15) is 36.1 Å². The predicted octanol–water partition coefficient (Wildman–Crippen LogP) is 5.67. The summed E-state index contributed by atoms with van der Waals surface area (Å²) in [4.78, 5) is 28.2. The quantitative estimate of drug-likeness (QED) is 0.330. The molecular weight excluding hydrogens is 557 g/mol. The van der Waals surface area contributed by atoms with E-state index in [0.717, 1.165) is 21.0 Å². The highest BCUT2D eigenvalue weighted by molar-refractivity contribution is 7.92. The number of carbonyl (C=O) groups is 2. The Morgan fingerprint density at radius 2 is 1.64 bits per heavy atom. The summed E-state index contributed by atoms with van der Waals surface area (Å²) in [5.41, 5.74) is 3.48. The summed E-state index contributed by atoms with van der Waals surface area (Å²) in [6, 6.07) is 15.8. The van der Waals surface area contributed by atoms with Crippen LogP contribution in [0, 0.1) is 20.8 Å². The zero-order valence-electron chi connectivity index (χ0n) is 22.7. The third kappa shape index (κ3) is 7.12. The molecule has 1 N–H and O–H groups in total. The average molecular weight is 591 g/mol. The summed E-state index contributed by atoms with van der Waals surface area (Å²) in [6.45, 7) is 8.79. The van der Waals surface area contributed by atoms with E-state index in [0.29, 0.717) is 27.8 Å². The molecule has 7 nitrogen and oxygen atoms in total. The molecule has 3 aromatic carbocycles. The second kappa shape index (κ2) is 12.9. The Balaban J connectivity index is 2.09. The fourth-order valence-electron chi connectivity index (χ4n) is 4.09. The van der Waals surface area contributed by atoms with Gasteiger partial charge in [0.15, 0.2) is 0 Å². The van der Waals surface area contributed by atoms with Gasteiger partial charge in [-0.3, -0.25) is 13.9 Å². The van der Waals surface area contributed by atoms with Crippen LogP contribution in [-0.2, 0) is 26.2 Å². The Kier molecular flexibility index (Phi) is 10.0. The van der Waals surface area contributed by atoms with Crippen LogP contribution in [0.25, 0.3) is 0 Å². The largest absolute Gasteiger partial charge is 0.355 e. The standard InChI is InChI=1S/C29H33Cl2N3O4S/c1-6-32-29(36)22(5)33(17-23-12-13-24(30)16-26(23)31)28(35)18-34(27-9-7-8-20(3)21(27)4)39(37,38)25-14-10-19(2)11-15-25/h7-16,22H,6,17-18H2,1-5H3,(H,32,36). The van der Waals surface area contributed by atoms with Crippen molar-refractivity contribution < 1.29 is 18.0 Å². The highest BCUT2D eigenvalue weighted by atomic mass is 35.5. The maximum Gasteiger partial charge on any atom is 0.264 e. The first-order valence-electron chi connectivity index (χ1n) is 12.5. The van der Waals surface area contributed by atoms with Gasteiger partial charge in [-0.2, -0.15) is 0 Å². The normalized spacial score (nSPS) is 12.1. The first kappa shape index (κ1) is 30.5. The van der Waals surface area contributed by atoms with Crippen molar-refractivity contribution in [1.29, 1.82) is 0 Å². The van der Waals surface area contributed by atoms with Gasteiger partial charge in [0, 0.05) is 23.1 Å². The van der Waals surface area contributed by atoms with Crippen LogP contribution >= 0.6 is 23.2 Å². The minimum absolute atomic E-state index is 0.0155. The van der Waals surface area contributed by atoms with Crippen LogP contribution in [0.4, 0.5) is 5.69 Å². The van der Waals surface area contributed by atoms with Gasteiger partial charge in [0.05, 0.1) is 10.6 Å². The molecule has 0 aliphatic carbocycles. The maximum atomic E-state index is 14.0. The Labute approximate surface area is 240 Å². The van der Waals surface area contributed by atoms with Crippen LogP contribution in [-0.4, -0.2) is 44.3 Å². The number of rotatable bonds is 10. The Bertz CT molecular complexity index is 1460. The van der Waals surface area contributed by atoms with Crippen molar-refractivity contribution in [2.45, 2.75) is 52.1 Å². The van der Waals surface area contributed by atoms with E-state index in [-0.39, 0.29) is 17.3 Å². The van der Waals surface area contributed by atoms with Crippen molar-refractivity contribution >= 4 is 50.7 Å². The molecule has 0 aliphatic heterocycles. The highest BCUT2D eigenvalue weighted by Gasteiger charge is 2.33. The molecule has 0 spiro atoms. The van der Waals surface area contributed by atoms with Gasteiger partial charge in [0.25, 0.3) is 10.0 Å². The monoisotopic (exact) mass is 589 g/mol. The number of amides is 2. The lowest BCUT2D eigenvalue weighted by molar-refractivity contribution is -0.139. The summed E-state index contributed by atoms with van der Waals surface area (Å²) in [6.07, 6.45) is 0. The van der Waals surface area contributed by atoms with E-state index in [4.69, 9.17) is 23.2 Å². The van der Waals surface area contributed by atoms with Gasteiger partial charge < -0.3 is 10.2 Å². The molecule has 39 heavy (non-hydrogen) atoms. The molecule has 0 aromatic heterocycles. The number of hydrogen-bond donors (Lipinski definition) is 1. The number of carbonyl (C=O) groups excluding carboxylic acids is 2. The van der Waals surface area contributed by atoms with Crippen LogP contribution in [0.3, 0.4) is 0 Å². The molecule has 0 fully saturated rings. The zero-order chi connectivity index (χ0) is 28.9. The second-order valence-corrected chi connectivity index (χ2v) is 12.1. The summed E-state index contributed by atoms with van der Waals surface area (Å²) >= 11 is 12.4. The molecule has 0 saturated heterocycles. The average Bonchev–Trinajstić information content (AvgIpc) is 2.88. The Morgan fingerprint density at radius 1 is 0.974 bits per heavy atom. The molecule has 1 atom stereocenters. The van der Waals surface area contributed by atoms with E-state index >= 15 is 0 Å². The van der Waals surface area contributed by atoms with E-state index in [1.165, 1.54) is 17.0 Å². The number of nitrogens with one attached hydrogen (secondary N) is 1. The van der Waals surface area contributed by atoms with Crippen LogP contribution in [0.2, 0.25) is 10.0 Å². The molecular formula is C29H33Cl2N3O4S. The molecule has 10 heteroatoms. The van der Waals surface area contributed by atoms with Crippen LogP contribution < -0.4 is 9.62 Å². The first-order valence-corrected chi connectivity index (χ1v) is 14.7. The zero-order valence-corrected chi connectivity index (χ0v) is 25.0. The predicted molar refractivity (Wildman–Crippen MR) is 157 cm³/mol. The molecule has 0 bridgehead atoms. The van der Waals surface area contributed by atoms with Gasteiger partial charge in [-0.05, 0) is 81.6 Å². The summed E-state index contributed by atoms with van der Waals surface area (Å²) in [5, 5.41) is 3.50. The summed E-state index contributed by atoms with van der Waals surface area (Å²) in [7, 11) is -4.14. The molecule has 208 valence electrons. The van der Waals surface area contributed by atoms with Gasteiger partial charge >= 0.3 is 0 Å². The topological polar surface area (TPSA) is 86.8 Å². The van der Waals surface area contributed by atoms with Gasteiger partial charge in [-0.1, -0.05) is 59.1 Å². The molecule has 1 unspecified atom stereocenters. The third-order valence-corrected chi connectivity index (χ3v) is 8.97. The van der Waals surface area contributed by atoms with Crippen LogP contribution in [0.15, 0.2) is 65.6 Å². The van der Waals surface area contributed by atoms with Crippen molar-refractivity contribution in [2.24, 2.45) is 0 Å². The Morgan fingerprint density at radius 3 is 2.26 bits per heavy atom. The third-order valence-electron chi connectivity index (χ3n) is 6.61. The fourth-order valence-corrected chi connectivity index (χ4v) is 6.03. The number of hydrogen-bond acceptors (Lipinski definition) is 4. The van der Waals surface area contributed by atoms with Crippen LogP contribution in [0.5, 0.6) is 0 Å². The van der Waals surface area contributed by atoms with E-state index in [1.54, 1.807) is 56.3 Å². The number of benzene rings is 3. The number of nitrogens with zero attached hydrogens (tertiary/aromatic N) is 2. The van der Waals surface area contributed by atoms with Gasteiger partial charge in [0.2, 0.25) is 11.8 Å². The van der Waals surface area contributed by atoms with Gasteiger partial charge in [-0.15, -0.1) is 0 Å². The molecule has 0 radical (unpaired) electrons. The van der Waals surface area contributed by atoms with E-state index in [1.807, 2.05) is 26.8 Å². The SMILES string of the molecule is CCNC(=O)C(C)N(Cc1ccc(Cl)cc1Cl)C(=O)CN(c1cccc(C)c1C)S(=O)(=O)c1ccc(C)cc1. The van der Waals surface area contributed by atoms with E-state index < -0.39 is 28.5 Å². The summed E-state index contributed by atoms with van der Waals surface area (Å²) in [5.74, 6) is -0.924. The summed E-state index contributed by atoms with van der Waals surface area (Å²) < 4.78 is 29.0. The number of sulfonamides is 1. The highest BCUT2D eigenvalue weighted by Crippen LogP contribution is 2.30. The minimum Gasteiger partial charge on any atom is -0.355 e. The fraction of sp³-hybridized carbons (Fsp3) is 0.310. The van der Waals surface area contributed by atoms with Crippen molar-refractivity contribution in [3.8, 4) is 0 Å². The second-order valence-electron chi connectivity index (χ2n) is 9.37. The Hall–Kier alpha value is -3.07. The number of anilines is 1. The molecule has 0 saturated carbocycles. The maximum absolute atomic E-state index is 14.0. The smallest absolute Gasteiger partial charge is 0.264 e. The molecule has 2 amide bonds. The van der Waals surface area contributed by atoms with E-state index in [2.05, 4.69) is 5.32 Å². The van der Waals surface area contributed by atoms with Crippen molar-refractivity contribution in [1.82, 2.24) is 10.2 Å². The first-order chi connectivity index (χ1) is 18.4. The molecule has 0 aliphatic rings. The number of likely N-dealkylation sites (N-methyl/N-ethyl adjacent to an activating group) is 1. The van der Waals surface area contributed by atoms with Gasteiger partial charge in [0.1, 0.15) is 12.6 Å². The van der Waals surface area contributed by atoms with E-state index in [9.17, 15) is 18.0 Å². The lowest BCUT2D eigenvalue weighted by Gasteiger charge is -2.32.